The maximum absolute atomic E-state index is 5.40. The van der Waals surface area contributed by atoms with Crippen LogP contribution in [0.5, 0.6) is 0 Å². The molecule has 1 unspecified atom stereocenters. The number of hydrogen-bond acceptors (Lipinski definition) is 5. The molecule has 5 heteroatoms. The van der Waals surface area contributed by atoms with E-state index in [0.29, 0.717) is 6.61 Å². The van der Waals surface area contributed by atoms with Crippen LogP contribution < -0.4 is 11.3 Å². The molecule has 0 amide bonds. The Kier molecular flexibility index (Phi) is 4.92. The van der Waals surface area contributed by atoms with Gasteiger partial charge in [0.1, 0.15) is 0 Å². The molecule has 4 nitrogen and oxygen atoms in total. The summed E-state index contributed by atoms with van der Waals surface area (Å²) in [6.45, 7) is 3.46. The lowest BCUT2D eigenvalue weighted by molar-refractivity contribution is 0.113. The van der Waals surface area contributed by atoms with Gasteiger partial charge in [-0.1, -0.05) is 6.92 Å². The fraction of sp³-hybridized carbons (Fsp3) is 0.625. The monoisotopic (exact) mass is 201 g/mol. The van der Waals surface area contributed by atoms with Gasteiger partial charge in [0.25, 0.3) is 0 Å². The molecule has 0 aromatic carbocycles. The van der Waals surface area contributed by atoms with E-state index in [1.165, 1.54) is 0 Å². The van der Waals surface area contributed by atoms with Crippen LogP contribution in [0, 0.1) is 0 Å². The molecular weight excluding hydrogens is 186 g/mol. The van der Waals surface area contributed by atoms with Crippen molar-refractivity contribution in [3.63, 3.8) is 0 Å². The highest BCUT2D eigenvalue weighted by molar-refractivity contribution is 7.09. The molecule has 0 radical (unpaired) electrons. The zero-order valence-electron chi connectivity index (χ0n) is 7.69. The Balaban J connectivity index is 2.35. The average molecular weight is 201 g/mol. The molecule has 1 rings (SSSR count). The molecule has 1 atom stereocenters. The Morgan fingerprint density at radius 2 is 2.62 bits per heavy atom. The fourth-order valence-electron chi connectivity index (χ4n) is 0.956. The molecule has 1 aromatic rings. The lowest BCUT2D eigenvalue weighted by Gasteiger charge is -2.13. The number of ether oxygens (including phenoxy) is 1. The largest absolute Gasteiger partial charge is 0.379 e. The predicted octanol–water partition coefficient (Wildman–Crippen LogP) is 1.07. The van der Waals surface area contributed by atoms with Crippen molar-refractivity contribution in [3.8, 4) is 0 Å². The van der Waals surface area contributed by atoms with Crippen LogP contribution in [0.2, 0.25) is 0 Å². The number of rotatable bonds is 6. The van der Waals surface area contributed by atoms with Gasteiger partial charge >= 0.3 is 0 Å². The van der Waals surface area contributed by atoms with Crippen LogP contribution in [0.15, 0.2) is 11.7 Å². The highest BCUT2D eigenvalue weighted by Gasteiger charge is 2.10. The Morgan fingerprint density at radius 1 is 1.77 bits per heavy atom. The molecule has 74 valence electrons. The molecule has 3 N–H and O–H groups in total. The maximum atomic E-state index is 5.40. The quantitative estimate of drug-likeness (QED) is 0.411. The topological polar surface area (TPSA) is 60.2 Å². The third-order valence-electron chi connectivity index (χ3n) is 1.63. The van der Waals surface area contributed by atoms with E-state index in [0.717, 1.165) is 17.9 Å². The minimum atomic E-state index is 0.0686. The van der Waals surface area contributed by atoms with Crippen LogP contribution in [-0.2, 0) is 4.74 Å². The van der Waals surface area contributed by atoms with Crippen molar-refractivity contribution in [2.45, 2.75) is 19.4 Å². The van der Waals surface area contributed by atoms with Gasteiger partial charge in [0.05, 0.1) is 18.2 Å². The molecule has 0 saturated heterocycles. The van der Waals surface area contributed by atoms with Crippen LogP contribution in [0.3, 0.4) is 0 Å². The van der Waals surface area contributed by atoms with Gasteiger partial charge < -0.3 is 4.74 Å². The minimum Gasteiger partial charge on any atom is -0.379 e. The normalized spacial score (nSPS) is 13.1. The summed E-state index contributed by atoms with van der Waals surface area (Å²) in [6.07, 6.45) is 2.84. The first-order valence-electron chi connectivity index (χ1n) is 4.30. The second-order valence-corrected chi connectivity index (χ2v) is 3.62. The second-order valence-electron chi connectivity index (χ2n) is 2.70. The number of aromatic nitrogens is 1. The van der Waals surface area contributed by atoms with E-state index in [4.69, 9.17) is 10.6 Å². The Bertz CT molecular complexity index is 215. The summed E-state index contributed by atoms with van der Waals surface area (Å²) in [5, 5.41) is 0. The van der Waals surface area contributed by atoms with Crippen molar-refractivity contribution in [3.05, 3.63) is 16.6 Å². The van der Waals surface area contributed by atoms with Gasteiger partial charge in [-0.15, -0.1) is 11.3 Å². The maximum Gasteiger partial charge on any atom is 0.0802 e. The first-order valence-corrected chi connectivity index (χ1v) is 5.18. The smallest absolute Gasteiger partial charge is 0.0802 e. The highest BCUT2D eigenvalue weighted by Crippen LogP contribution is 2.16. The Morgan fingerprint density at radius 3 is 3.15 bits per heavy atom. The van der Waals surface area contributed by atoms with Crippen molar-refractivity contribution in [2.75, 3.05) is 13.2 Å². The molecule has 0 bridgehead atoms. The van der Waals surface area contributed by atoms with Gasteiger partial charge in [-0.3, -0.25) is 10.8 Å². The molecule has 0 aliphatic rings. The van der Waals surface area contributed by atoms with Crippen LogP contribution in [0.4, 0.5) is 0 Å². The standard InChI is InChI=1S/C8H15N3OS/c1-2-3-12-5-7(11-9)8-4-10-6-13-8/h4,6-7,11H,2-3,5,9H2,1H3. The van der Waals surface area contributed by atoms with Crippen LogP contribution in [-0.4, -0.2) is 18.2 Å². The fourth-order valence-corrected chi connectivity index (χ4v) is 1.62. The van der Waals surface area contributed by atoms with Gasteiger partial charge in [-0.2, -0.15) is 0 Å². The molecule has 1 heterocycles. The summed E-state index contributed by atoms with van der Waals surface area (Å²) >= 11 is 1.58. The molecular formula is C8H15N3OS. The molecule has 0 fully saturated rings. The third-order valence-corrected chi connectivity index (χ3v) is 2.52. The Labute approximate surface area is 82.1 Å². The SMILES string of the molecule is CCCOCC(NN)c1cncs1. The lowest BCUT2D eigenvalue weighted by atomic mass is 10.3. The van der Waals surface area contributed by atoms with Gasteiger partial charge in [-0.05, 0) is 6.42 Å². The van der Waals surface area contributed by atoms with Crippen LogP contribution >= 0.6 is 11.3 Å². The van der Waals surface area contributed by atoms with Gasteiger partial charge in [0.2, 0.25) is 0 Å². The summed E-state index contributed by atoms with van der Waals surface area (Å²) in [6, 6.07) is 0.0686. The van der Waals surface area contributed by atoms with Crippen LogP contribution in [0.25, 0.3) is 0 Å². The van der Waals surface area contributed by atoms with E-state index in [2.05, 4.69) is 17.3 Å². The zero-order chi connectivity index (χ0) is 9.52. The van der Waals surface area contributed by atoms with E-state index in [1.54, 1.807) is 16.8 Å². The van der Waals surface area contributed by atoms with Crippen molar-refractivity contribution < 1.29 is 4.74 Å². The number of thiazole rings is 1. The van der Waals surface area contributed by atoms with Crippen molar-refractivity contribution >= 4 is 11.3 Å². The average Bonchev–Trinajstić information content (AvgIpc) is 2.65. The number of hydrazine groups is 1. The number of nitrogens with two attached hydrogens (primary N) is 1. The van der Waals surface area contributed by atoms with Crippen molar-refractivity contribution in [2.24, 2.45) is 5.84 Å². The first-order chi connectivity index (χ1) is 6.38. The predicted molar refractivity (Wildman–Crippen MR) is 53.3 cm³/mol. The van der Waals surface area contributed by atoms with E-state index < -0.39 is 0 Å². The second kappa shape index (κ2) is 6.04. The summed E-state index contributed by atoms with van der Waals surface area (Å²) in [7, 11) is 0. The summed E-state index contributed by atoms with van der Waals surface area (Å²) in [4.78, 5) is 5.10. The molecule has 13 heavy (non-hydrogen) atoms. The minimum absolute atomic E-state index is 0.0686. The van der Waals surface area contributed by atoms with E-state index in [-0.39, 0.29) is 6.04 Å². The summed E-state index contributed by atoms with van der Waals surface area (Å²) < 4.78 is 5.40. The van der Waals surface area contributed by atoms with Gasteiger partial charge in [0, 0.05) is 17.7 Å². The zero-order valence-corrected chi connectivity index (χ0v) is 8.51. The van der Waals surface area contributed by atoms with E-state index in [9.17, 15) is 0 Å². The Hall–Kier alpha value is -0.490. The number of hydrogen-bond donors (Lipinski definition) is 2. The highest BCUT2D eigenvalue weighted by atomic mass is 32.1. The van der Waals surface area contributed by atoms with Gasteiger partial charge in [0.15, 0.2) is 0 Å². The molecule has 0 aliphatic carbocycles. The molecule has 1 aromatic heterocycles. The molecule has 0 saturated carbocycles. The molecule has 0 spiro atoms. The summed E-state index contributed by atoms with van der Waals surface area (Å²) in [5.41, 5.74) is 4.50. The third kappa shape index (κ3) is 3.40. The van der Waals surface area contributed by atoms with Crippen LogP contribution in [0.1, 0.15) is 24.3 Å². The summed E-state index contributed by atoms with van der Waals surface area (Å²) in [5.74, 6) is 5.40. The van der Waals surface area contributed by atoms with Gasteiger partial charge in [-0.25, -0.2) is 5.43 Å². The number of nitrogens with one attached hydrogen (secondary N) is 1. The van der Waals surface area contributed by atoms with E-state index >= 15 is 0 Å². The van der Waals surface area contributed by atoms with Crippen molar-refractivity contribution in [1.29, 1.82) is 0 Å². The van der Waals surface area contributed by atoms with Crippen molar-refractivity contribution in [1.82, 2.24) is 10.4 Å². The van der Waals surface area contributed by atoms with E-state index in [1.807, 2.05) is 6.20 Å². The molecule has 0 aliphatic heterocycles. The lowest BCUT2D eigenvalue weighted by Crippen LogP contribution is -2.30. The first kappa shape index (κ1) is 10.6. The number of nitrogens with zero attached hydrogens (tertiary/aromatic N) is 1.